The van der Waals surface area contributed by atoms with Gasteiger partial charge in [0.05, 0.1) is 15.1 Å². The van der Waals surface area contributed by atoms with Crippen LogP contribution in [-0.2, 0) is 0 Å². The lowest BCUT2D eigenvalue weighted by atomic mass is 9.90. The molecule has 0 saturated heterocycles. The fourth-order valence-electron chi connectivity index (χ4n) is 2.46. The molecule has 23 heavy (non-hydrogen) atoms. The molecule has 5 heteroatoms. The van der Waals surface area contributed by atoms with Gasteiger partial charge in [0.1, 0.15) is 0 Å². The highest BCUT2D eigenvalue weighted by molar-refractivity contribution is 6.43. The number of halogens is 5. The molecule has 1 aliphatic rings. The highest BCUT2D eigenvalue weighted by Crippen LogP contribution is 2.42. The van der Waals surface area contributed by atoms with Crippen molar-refractivity contribution in [2.45, 2.75) is 6.42 Å². The molecule has 0 bridgehead atoms. The Kier molecular flexibility index (Phi) is 5.30. The van der Waals surface area contributed by atoms with Crippen molar-refractivity contribution in [1.82, 2.24) is 0 Å². The molecule has 1 aliphatic carbocycles. The van der Waals surface area contributed by atoms with Crippen molar-refractivity contribution in [3.63, 3.8) is 0 Å². The zero-order chi connectivity index (χ0) is 16.6. The van der Waals surface area contributed by atoms with Crippen molar-refractivity contribution in [1.29, 1.82) is 0 Å². The van der Waals surface area contributed by atoms with Crippen LogP contribution in [0, 0.1) is 6.42 Å². The van der Waals surface area contributed by atoms with Gasteiger partial charge in [0.15, 0.2) is 0 Å². The lowest BCUT2D eigenvalue weighted by molar-refractivity contribution is 1.27. The van der Waals surface area contributed by atoms with E-state index in [1.54, 1.807) is 24.3 Å². The van der Waals surface area contributed by atoms with Gasteiger partial charge in [-0.25, -0.2) is 0 Å². The van der Waals surface area contributed by atoms with Crippen LogP contribution in [0.2, 0.25) is 20.1 Å². The van der Waals surface area contributed by atoms with Crippen LogP contribution < -0.4 is 0 Å². The fraction of sp³-hybridized carbons (Fsp3) is 0.0556. The van der Waals surface area contributed by atoms with Crippen LogP contribution in [0.1, 0.15) is 17.5 Å². The van der Waals surface area contributed by atoms with Gasteiger partial charge in [0.25, 0.3) is 0 Å². The lowest BCUT2D eigenvalue weighted by Crippen LogP contribution is -1.99. The van der Waals surface area contributed by atoms with E-state index in [4.69, 9.17) is 58.0 Å². The Hall–Kier alpha value is -0.630. The number of hydrogen-bond acceptors (Lipinski definition) is 0. The first-order valence-electron chi connectivity index (χ1n) is 6.81. The minimum atomic E-state index is 0.492. The van der Waals surface area contributed by atoms with Crippen molar-refractivity contribution < 1.29 is 0 Å². The summed E-state index contributed by atoms with van der Waals surface area (Å²) in [5.74, 6) is 0. The van der Waals surface area contributed by atoms with Crippen molar-refractivity contribution in [3.8, 4) is 0 Å². The average Bonchev–Trinajstić information content (AvgIpc) is 2.53. The first kappa shape index (κ1) is 17.2. The van der Waals surface area contributed by atoms with Crippen LogP contribution in [0.3, 0.4) is 0 Å². The van der Waals surface area contributed by atoms with E-state index in [0.29, 0.717) is 25.1 Å². The maximum atomic E-state index is 6.64. The highest BCUT2D eigenvalue weighted by atomic mass is 35.5. The average molecular weight is 404 g/mol. The molecular weight excluding hydrogens is 393 g/mol. The molecule has 0 spiro atoms. The zero-order valence-electron chi connectivity index (χ0n) is 11.7. The SMILES string of the molecule is ClC1=C(c2cc(Cl)ccc2Cl)[CH]CC=C1c1ccc(Cl)c(Cl)c1. The van der Waals surface area contributed by atoms with E-state index in [1.807, 2.05) is 24.6 Å². The molecule has 1 radical (unpaired) electrons. The predicted octanol–water partition coefficient (Wildman–Crippen LogP) is 7.94. The summed E-state index contributed by atoms with van der Waals surface area (Å²) in [5.41, 5.74) is 3.49. The van der Waals surface area contributed by atoms with E-state index in [2.05, 4.69) is 0 Å². The minimum absolute atomic E-state index is 0.492. The molecule has 2 aromatic carbocycles. The maximum Gasteiger partial charge on any atom is 0.0598 e. The second kappa shape index (κ2) is 7.09. The zero-order valence-corrected chi connectivity index (χ0v) is 15.5. The van der Waals surface area contributed by atoms with Crippen molar-refractivity contribution >= 4 is 69.2 Å². The largest absolute Gasteiger partial charge is 0.0843 e. The monoisotopic (exact) mass is 401 g/mol. The molecule has 3 rings (SSSR count). The summed E-state index contributed by atoms with van der Waals surface area (Å²) in [6, 6.07) is 10.8. The molecule has 0 heterocycles. The maximum absolute atomic E-state index is 6.64. The third-order valence-electron chi connectivity index (χ3n) is 3.57. The normalized spacial score (nSPS) is 14.9. The molecule has 0 amide bonds. The second-order valence-corrected chi connectivity index (χ2v) is 7.07. The standard InChI is InChI=1S/C18H10Cl5/c19-11-5-7-15(20)14(9-11)13-3-1-2-12(18(13)23)10-4-6-16(21)17(22)8-10/h2-9H,1H2. The van der Waals surface area contributed by atoms with Crippen molar-refractivity contribution in [3.05, 3.63) is 85.1 Å². The van der Waals surface area contributed by atoms with Crippen LogP contribution in [0.5, 0.6) is 0 Å². The number of rotatable bonds is 2. The van der Waals surface area contributed by atoms with Crippen LogP contribution in [-0.4, -0.2) is 0 Å². The van der Waals surface area contributed by atoms with E-state index in [0.717, 1.165) is 28.7 Å². The molecule has 0 atom stereocenters. The third-order valence-corrected chi connectivity index (χ3v) is 5.28. The van der Waals surface area contributed by atoms with E-state index in [1.165, 1.54) is 0 Å². The molecule has 0 aliphatic heterocycles. The van der Waals surface area contributed by atoms with Gasteiger partial charge in [0, 0.05) is 10.0 Å². The fourth-order valence-corrected chi connectivity index (χ4v) is 3.51. The Morgan fingerprint density at radius 3 is 2.22 bits per heavy atom. The van der Waals surface area contributed by atoms with E-state index in [-0.39, 0.29) is 0 Å². The quantitative estimate of drug-likeness (QED) is 0.477. The summed E-state index contributed by atoms with van der Waals surface area (Å²) in [6.07, 6.45) is 4.81. The van der Waals surface area contributed by atoms with Crippen LogP contribution >= 0.6 is 58.0 Å². The highest BCUT2D eigenvalue weighted by Gasteiger charge is 2.20. The Morgan fingerprint density at radius 1 is 0.739 bits per heavy atom. The summed E-state index contributed by atoms with van der Waals surface area (Å²) in [4.78, 5) is 0. The lowest BCUT2D eigenvalue weighted by Gasteiger charge is -2.19. The second-order valence-electron chi connectivity index (χ2n) is 5.04. The van der Waals surface area contributed by atoms with Gasteiger partial charge in [-0.05, 0) is 65.4 Å². The minimum Gasteiger partial charge on any atom is -0.0843 e. The molecule has 0 aromatic heterocycles. The molecule has 0 fully saturated rings. The van der Waals surface area contributed by atoms with Crippen LogP contribution in [0.4, 0.5) is 0 Å². The summed E-state index contributed by atoms with van der Waals surface area (Å²) < 4.78 is 0. The number of benzene rings is 2. The van der Waals surface area contributed by atoms with E-state index >= 15 is 0 Å². The third kappa shape index (κ3) is 3.57. The molecule has 2 aromatic rings. The van der Waals surface area contributed by atoms with Crippen LogP contribution in [0.15, 0.2) is 47.5 Å². The molecule has 0 unspecified atom stereocenters. The van der Waals surface area contributed by atoms with Gasteiger partial charge >= 0.3 is 0 Å². The Labute approximate surface area is 160 Å². The van der Waals surface area contributed by atoms with Crippen molar-refractivity contribution in [2.24, 2.45) is 0 Å². The van der Waals surface area contributed by atoms with Gasteiger partial charge in [-0.1, -0.05) is 70.1 Å². The molecule has 0 saturated carbocycles. The van der Waals surface area contributed by atoms with Gasteiger partial charge in [-0.3, -0.25) is 0 Å². The van der Waals surface area contributed by atoms with Gasteiger partial charge in [0.2, 0.25) is 0 Å². The van der Waals surface area contributed by atoms with E-state index < -0.39 is 0 Å². The molecule has 0 nitrogen and oxygen atoms in total. The Balaban J connectivity index is 2.10. The van der Waals surface area contributed by atoms with Gasteiger partial charge < -0.3 is 0 Å². The smallest absolute Gasteiger partial charge is 0.0598 e. The molecule has 0 N–H and O–H groups in total. The predicted molar refractivity (Wildman–Crippen MR) is 103 cm³/mol. The summed E-state index contributed by atoms with van der Waals surface area (Å²) in [5, 5.41) is 2.83. The van der Waals surface area contributed by atoms with Crippen molar-refractivity contribution in [2.75, 3.05) is 0 Å². The molecule has 117 valence electrons. The van der Waals surface area contributed by atoms with E-state index in [9.17, 15) is 0 Å². The van der Waals surface area contributed by atoms with Crippen LogP contribution in [0.25, 0.3) is 11.1 Å². The summed E-state index contributed by atoms with van der Waals surface area (Å²) in [6.45, 7) is 0. The molecular formula is C18H10Cl5. The summed E-state index contributed by atoms with van der Waals surface area (Å²) >= 11 is 31.1. The first-order chi connectivity index (χ1) is 11.0. The number of allylic oxidation sites excluding steroid dienone is 4. The van der Waals surface area contributed by atoms with Gasteiger partial charge in [-0.2, -0.15) is 0 Å². The van der Waals surface area contributed by atoms with Gasteiger partial charge in [-0.15, -0.1) is 0 Å². The first-order valence-corrected chi connectivity index (χ1v) is 8.70. The summed E-state index contributed by atoms with van der Waals surface area (Å²) in [7, 11) is 0. The number of hydrogen-bond donors (Lipinski definition) is 0. The Bertz CT molecular complexity index is 833. The Morgan fingerprint density at radius 2 is 1.48 bits per heavy atom. The topological polar surface area (TPSA) is 0 Å².